The summed E-state index contributed by atoms with van der Waals surface area (Å²) in [5, 5.41) is 7.76. The molecule has 0 aromatic heterocycles. The van der Waals surface area contributed by atoms with Crippen molar-refractivity contribution < 1.29 is 22.5 Å². The predicted octanol–water partition coefficient (Wildman–Crippen LogP) is -1.49. The molecule has 0 saturated heterocycles. The van der Waals surface area contributed by atoms with Gasteiger partial charge in [-0.25, -0.2) is 4.39 Å². The van der Waals surface area contributed by atoms with Crippen molar-refractivity contribution in [3.8, 4) is 0 Å². The van der Waals surface area contributed by atoms with Gasteiger partial charge in [0.2, 0.25) is 5.50 Å². The Morgan fingerprint density at radius 1 is 1.56 bits per heavy atom. The average Bonchev–Trinajstić information content (AvgIpc) is 1.62. The van der Waals surface area contributed by atoms with Gasteiger partial charge >= 0.3 is 29.6 Å². The first-order valence-corrected chi connectivity index (χ1v) is 3.20. The van der Waals surface area contributed by atoms with Crippen LogP contribution in [0.5, 0.6) is 0 Å². The Hall–Kier alpha value is 0.800. The number of aliphatic hydroxyl groups is 1. The van der Waals surface area contributed by atoms with Gasteiger partial charge in [-0.3, -0.25) is 4.55 Å². The Morgan fingerprint density at radius 3 is 1.89 bits per heavy atom. The summed E-state index contributed by atoms with van der Waals surface area (Å²) >= 11 is 0. The van der Waals surface area contributed by atoms with Gasteiger partial charge in [-0.15, -0.1) is 0 Å². The van der Waals surface area contributed by atoms with Crippen LogP contribution in [0.15, 0.2) is 0 Å². The summed E-state index contributed by atoms with van der Waals surface area (Å²) in [6.45, 7) is -1.21. The molecule has 0 aromatic rings. The number of hydrogen-bond donors (Lipinski definition) is 2. The van der Waals surface area contributed by atoms with Crippen LogP contribution in [0.4, 0.5) is 4.39 Å². The molecule has 9 heavy (non-hydrogen) atoms. The fraction of sp³-hybridized carbons (Fsp3) is 1.00. The second-order valence-corrected chi connectivity index (χ2v) is 2.65. The van der Waals surface area contributed by atoms with Gasteiger partial charge in [0, 0.05) is 0 Å². The number of aliphatic hydroxyl groups excluding tert-OH is 1. The van der Waals surface area contributed by atoms with Crippen LogP contribution in [-0.4, -0.2) is 59.7 Å². The van der Waals surface area contributed by atoms with E-state index in [9.17, 15) is 12.8 Å². The van der Waals surface area contributed by atoms with Crippen molar-refractivity contribution in [2.45, 2.75) is 5.50 Å². The van der Waals surface area contributed by atoms with E-state index >= 15 is 0 Å². The van der Waals surface area contributed by atoms with E-state index in [4.69, 9.17) is 9.66 Å². The molecule has 0 fully saturated rings. The van der Waals surface area contributed by atoms with Crippen molar-refractivity contribution in [2.75, 3.05) is 6.61 Å². The fourth-order valence-electron chi connectivity index (χ4n) is 0.0942. The van der Waals surface area contributed by atoms with E-state index in [1.807, 2.05) is 0 Å². The molecule has 0 aliphatic heterocycles. The van der Waals surface area contributed by atoms with Gasteiger partial charge in [0.1, 0.15) is 0 Å². The van der Waals surface area contributed by atoms with Crippen LogP contribution >= 0.6 is 0 Å². The van der Waals surface area contributed by atoms with Crippen LogP contribution < -0.4 is 0 Å². The predicted molar refractivity (Wildman–Crippen MR) is 30.7 cm³/mol. The minimum atomic E-state index is -4.67. The Labute approximate surface area is 74.1 Å². The molecule has 52 valence electrons. The molecule has 2 N–H and O–H groups in total. The molecule has 0 heterocycles. The van der Waals surface area contributed by atoms with Gasteiger partial charge in [-0.2, -0.15) is 8.42 Å². The quantitative estimate of drug-likeness (QED) is 0.389. The summed E-state index contributed by atoms with van der Waals surface area (Å²) in [5.41, 5.74) is -2.57. The number of halogens is 1. The molecule has 0 amide bonds. The Morgan fingerprint density at radius 2 is 1.89 bits per heavy atom. The zero-order valence-electron chi connectivity index (χ0n) is 3.78. The monoisotopic (exact) mass is 168 g/mol. The van der Waals surface area contributed by atoms with E-state index in [-0.39, 0.29) is 29.6 Å². The van der Waals surface area contributed by atoms with Gasteiger partial charge < -0.3 is 5.11 Å². The summed E-state index contributed by atoms with van der Waals surface area (Å²) in [6.07, 6.45) is 0. The van der Waals surface area contributed by atoms with Crippen molar-refractivity contribution in [1.82, 2.24) is 0 Å². The van der Waals surface area contributed by atoms with E-state index in [2.05, 4.69) is 0 Å². The van der Waals surface area contributed by atoms with Crippen molar-refractivity contribution in [3.05, 3.63) is 0 Å². The molecule has 0 rings (SSSR count). The number of alkyl halides is 1. The van der Waals surface area contributed by atoms with Crippen LogP contribution in [0.1, 0.15) is 0 Å². The molecule has 1 atom stereocenters. The van der Waals surface area contributed by atoms with E-state index < -0.39 is 22.2 Å². The Bertz CT molecular complexity index is 154. The normalized spacial score (nSPS) is 14.1. The Balaban J connectivity index is 0. The number of rotatable bonds is 2. The van der Waals surface area contributed by atoms with Crippen molar-refractivity contribution in [1.29, 1.82) is 0 Å². The van der Waals surface area contributed by atoms with Crippen LogP contribution in [-0.2, 0) is 10.1 Å². The third kappa shape index (κ3) is 5.25. The second kappa shape index (κ2) is 4.59. The average molecular weight is 168 g/mol. The maximum atomic E-state index is 11.6. The fourth-order valence-corrected chi connectivity index (χ4v) is 0.283. The zero-order valence-corrected chi connectivity index (χ0v) is 4.60. The Kier molecular flexibility index (Phi) is 6.36. The molecule has 7 heteroatoms. The first-order valence-electron chi connectivity index (χ1n) is 1.69. The summed E-state index contributed by atoms with van der Waals surface area (Å²) in [7, 11) is -4.67. The second-order valence-electron chi connectivity index (χ2n) is 1.11. The first-order chi connectivity index (χ1) is 3.48. The molecule has 1 unspecified atom stereocenters. The SMILES string of the molecule is O=S(=O)(O)C(F)CO.[NaH]. The third-order valence-electron chi connectivity index (χ3n) is 0.467. The summed E-state index contributed by atoms with van der Waals surface area (Å²) in [6, 6.07) is 0. The zero-order chi connectivity index (χ0) is 6.78. The van der Waals surface area contributed by atoms with Crippen molar-refractivity contribution >= 4 is 39.7 Å². The molecule has 0 radical (unpaired) electrons. The van der Waals surface area contributed by atoms with E-state index in [1.165, 1.54) is 0 Å². The van der Waals surface area contributed by atoms with Gasteiger partial charge in [0.25, 0.3) is 10.1 Å². The van der Waals surface area contributed by atoms with E-state index in [1.54, 1.807) is 0 Å². The molecular weight excluding hydrogens is 162 g/mol. The first kappa shape index (κ1) is 12.5. The molecule has 0 bridgehead atoms. The molecule has 0 aliphatic rings. The van der Waals surface area contributed by atoms with E-state index in [0.29, 0.717) is 0 Å². The van der Waals surface area contributed by atoms with E-state index in [0.717, 1.165) is 0 Å². The molecule has 0 saturated carbocycles. The standard InChI is InChI=1S/C2H5FO4S.Na.H/c3-2(1-4)8(5,6)7;;/h2,4H,1H2,(H,5,6,7);;. The van der Waals surface area contributed by atoms with Crippen LogP contribution in [0.3, 0.4) is 0 Å². The molecule has 0 aliphatic carbocycles. The third-order valence-corrected chi connectivity index (χ3v) is 1.26. The van der Waals surface area contributed by atoms with Crippen LogP contribution in [0.25, 0.3) is 0 Å². The summed E-state index contributed by atoms with van der Waals surface area (Å²) < 4.78 is 38.4. The summed E-state index contributed by atoms with van der Waals surface area (Å²) in [5.74, 6) is 0. The van der Waals surface area contributed by atoms with Gasteiger partial charge in [0.15, 0.2) is 0 Å². The van der Waals surface area contributed by atoms with Gasteiger partial charge in [0.05, 0.1) is 6.61 Å². The van der Waals surface area contributed by atoms with Gasteiger partial charge in [-0.1, -0.05) is 0 Å². The van der Waals surface area contributed by atoms with Gasteiger partial charge in [-0.05, 0) is 0 Å². The van der Waals surface area contributed by atoms with Crippen molar-refractivity contribution in [3.63, 3.8) is 0 Å². The topological polar surface area (TPSA) is 74.6 Å². The van der Waals surface area contributed by atoms with Crippen LogP contribution in [0, 0.1) is 0 Å². The summed E-state index contributed by atoms with van der Waals surface area (Å²) in [4.78, 5) is 0. The minimum absolute atomic E-state index is 0. The molecular formula is C2H6FNaO4S. The molecule has 4 nitrogen and oxygen atoms in total. The molecule has 0 aromatic carbocycles. The number of hydrogen-bond acceptors (Lipinski definition) is 3. The maximum absolute atomic E-state index is 11.6. The van der Waals surface area contributed by atoms with Crippen LogP contribution in [0.2, 0.25) is 0 Å². The molecule has 0 spiro atoms. The van der Waals surface area contributed by atoms with Crippen molar-refractivity contribution in [2.24, 2.45) is 0 Å².